The molecule has 0 aliphatic rings. The Morgan fingerprint density at radius 3 is 2.15 bits per heavy atom. The number of benzene rings is 2. The second-order valence-corrected chi connectivity index (χ2v) is 6.70. The predicted octanol–water partition coefficient (Wildman–Crippen LogP) is 4.04. The molecule has 0 N–H and O–H groups in total. The maximum Gasteiger partial charge on any atom is 0.311 e. The van der Waals surface area contributed by atoms with Crippen LogP contribution in [0.25, 0.3) is 11.1 Å². The van der Waals surface area contributed by atoms with E-state index in [1.165, 1.54) is 20.3 Å². The Morgan fingerprint density at radius 1 is 1.04 bits per heavy atom. The Kier molecular flexibility index (Phi) is 5.95. The van der Waals surface area contributed by atoms with Crippen LogP contribution < -0.4 is 4.74 Å². The third-order valence-corrected chi connectivity index (χ3v) is 4.26. The molecule has 0 atom stereocenters. The summed E-state index contributed by atoms with van der Waals surface area (Å²) < 4.78 is 9.81. The zero-order chi connectivity index (χ0) is 20.2. The molecular weight excluding hydrogens is 350 g/mol. The lowest BCUT2D eigenvalue weighted by atomic mass is 9.85. The molecule has 142 valence electrons. The highest BCUT2D eigenvalue weighted by Gasteiger charge is 2.31. The molecule has 7 heteroatoms. The van der Waals surface area contributed by atoms with E-state index < -0.39 is 16.3 Å². The molecule has 0 aliphatic heterocycles. The summed E-state index contributed by atoms with van der Waals surface area (Å²) in [5.41, 5.74) is 0.969. The van der Waals surface area contributed by atoms with Crippen molar-refractivity contribution < 1.29 is 24.0 Å². The van der Waals surface area contributed by atoms with Crippen molar-refractivity contribution in [1.29, 1.82) is 0 Å². The van der Waals surface area contributed by atoms with Gasteiger partial charge in [-0.25, -0.2) is 0 Å². The van der Waals surface area contributed by atoms with Gasteiger partial charge in [0.25, 0.3) is 0 Å². The van der Waals surface area contributed by atoms with E-state index in [9.17, 15) is 19.7 Å². The minimum atomic E-state index is -0.907. The summed E-state index contributed by atoms with van der Waals surface area (Å²) in [6.45, 7) is 3.32. The Hall–Kier alpha value is -3.22. The van der Waals surface area contributed by atoms with Gasteiger partial charge in [-0.05, 0) is 37.1 Å². The van der Waals surface area contributed by atoms with Crippen molar-refractivity contribution in [3.63, 3.8) is 0 Å². The number of nitro benzene ring substituents is 1. The summed E-state index contributed by atoms with van der Waals surface area (Å²) in [6, 6.07) is 11.4. The number of rotatable bonds is 7. The van der Waals surface area contributed by atoms with Gasteiger partial charge in [0.1, 0.15) is 0 Å². The number of ether oxygens (including phenoxy) is 2. The van der Waals surface area contributed by atoms with E-state index in [0.717, 1.165) is 11.1 Å². The highest BCUT2D eigenvalue weighted by atomic mass is 16.6. The Balaban J connectivity index is 2.24. The van der Waals surface area contributed by atoms with Crippen LogP contribution in [-0.2, 0) is 9.53 Å². The van der Waals surface area contributed by atoms with Crippen LogP contribution in [0.4, 0.5) is 5.69 Å². The minimum absolute atomic E-state index is 0.0321. The number of carbonyl (C=O) groups excluding carboxylic acids is 2. The Labute approximate surface area is 157 Å². The number of nitro groups is 1. The van der Waals surface area contributed by atoms with E-state index >= 15 is 0 Å². The first-order valence-electron chi connectivity index (χ1n) is 8.24. The van der Waals surface area contributed by atoms with Crippen LogP contribution in [0.5, 0.6) is 5.75 Å². The zero-order valence-corrected chi connectivity index (χ0v) is 15.6. The Bertz CT molecular complexity index is 871. The van der Waals surface area contributed by atoms with Crippen LogP contribution in [0.3, 0.4) is 0 Å². The third kappa shape index (κ3) is 4.49. The molecule has 2 rings (SSSR count). The van der Waals surface area contributed by atoms with Crippen molar-refractivity contribution in [2.75, 3.05) is 14.2 Å². The fourth-order valence-electron chi connectivity index (χ4n) is 2.71. The van der Waals surface area contributed by atoms with Gasteiger partial charge < -0.3 is 9.47 Å². The van der Waals surface area contributed by atoms with Crippen LogP contribution in [0.15, 0.2) is 42.5 Å². The molecule has 0 saturated carbocycles. The van der Waals surface area contributed by atoms with Gasteiger partial charge >= 0.3 is 11.7 Å². The van der Waals surface area contributed by atoms with E-state index in [0.29, 0.717) is 5.56 Å². The summed E-state index contributed by atoms with van der Waals surface area (Å²) in [7, 11) is 2.67. The fraction of sp³-hybridized carbons (Fsp3) is 0.300. The summed E-state index contributed by atoms with van der Waals surface area (Å²) in [5, 5.41) is 11.0. The average Bonchev–Trinajstić information content (AvgIpc) is 2.66. The molecule has 27 heavy (non-hydrogen) atoms. The van der Waals surface area contributed by atoms with Gasteiger partial charge in [-0.3, -0.25) is 19.7 Å². The van der Waals surface area contributed by atoms with Crippen LogP contribution in [0, 0.1) is 15.5 Å². The third-order valence-electron chi connectivity index (χ3n) is 4.26. The monoisotopic (exact) mass is 371 g/mol. The molecule has 0 heterocycles. The maximum absolute atomic E-state index is 12.4. The second-order valence-electron chi connectivity index (χ2n) is 6.70. The van der Waals surface area contributed by atoms with Crippen molar-refractivity contribution in [2.45, 2.75) is 20.3 Å². The summed E-state index contributed by atoms with van der Waals surface area (Å²) >= 11 is 0. The van der Waals surface area contributed by atoms with E-state index in [1.54, 1.807) is 50.2 Å². The normalized spacial score (nSPS) is 11.0. The smallest absolute Gasteiger partial charge is 0.311 e. The van der Waals surface area contributed by atoms with Crippen molar-refractivity contribution in [3.8, 4) is 16.9 Å². The number of carbonyl (C=O) groups is 2. The molecule has 0 aromatic heterocycles. The topological polar surface area (TPSA) is 95.7 Å². The molecule has 0 bridgehead atoms. The highest BCUT2D eigenvalue weighted by Crippen LogP contribution is 2.32. The molecule has 2 aromatic carbocycles. The lowest BCUT2D eigenvalue weighted by Crippen LogP contribution is -2.28. The van der Waals surface area contributed by atoms with Crippen molar-refractivity contribution in [1.82, 2.24) is 0 Å². The molecule has 7 nitrogen and oxygen atoms in total. The van der Waals surface area contributed by atoms with Crippen molar-refractivity contribution >= 4 is 17.4 Å². The summed E-state index contributed by atoms with van der Waals surface area (Å²) in [5.74, 6) is -0.443. The number of methoxy groups -OCH3 is 2. The molecular formula is C20H21NO6. The highest BCUT2D eigenvalue weighted by molar-refractivity contribution is 5.99. The summed E-state index contributed by atoms with van der Waals surface area (Å²) in [6.07, 6.45) is 0.0321. The van der Waals surface area contributed by atoms with Crippen molar-refractivity contribution in [3.05, 3.63) is 58.1 Å². The SMILES string of the molecule is COC(=O)C(C)(C)CC(=O)c1ccc(-c2ccc([N+](=O)[O-])c(OC)c2)cc1. The van der Waals surface area contributed by atoms with E-state index in [-0.39, 0.29) is 23.6 Å². The number of esters is 1. The molecule has 0 spiro atoms. The lowest BCUT2D eigenvalue weighted by molar-refractivity contribution is -0.385. The molecule has 0 amide bonds. The number of ketones is 1. The quantitative estimate of drug-likeness (QED) is 0.315. The van der Waals surface area contributed by atoms with Crippen LogP contribution in [-0.4, -0.2) is 30.9 Å². The Morgan fingerprint density at radius 2 is 1.63 bits per heavy atom. The molecule has 0 saturated heterocycles. The van der Waals surface area contributed by atoms with Crippen LogP contribution in [0.2, 0.25) is 0 Å². The number of hydrogen-bond donors (Lipinski definition) is 0. The predicted molar refractivity (Wildman–Crippen MR) is 99.8 cm³/mol. The fourth-order valence-corrected chi connectivity index (χ4v) is 2.71. The first-order chi connectivity index (χ1) is 12.7. The zero-order valence-electron chi connectivity index (χ0n) is 15.6. The van der Waals surface area contributed by atoms with Crippen LogP contribution in [0.1, 0.15) is 30.6 Å². The van der Waals surface area contributed by atoms with Gasteiger partial charge in [0.05, 0.1) is 24.6 Å². The largest absolute Gasteiger partial charge is 0.490 e. The van der Waals surface area contributed by atoms with E-state index in [4.69, 9.17) is 9.47 Å². The number of nitrogens with zero attached hydrogens (tertiary/aromatic N) is 1. The number of Topliss-reactive ketones (excluding diaryl/α,β-unsaturated/α-hetero) is 1. The van der Waals surface area contributed by atoms with Crippen LogP contribution >= 0.6 is 0 Å². The second kappa shape index (κ2) is 7.99. The molecule has 0 aliphatic carbocycles. The molecule has 0 radical (unpaired) electrons. The van der Waals surface area contributed by atoms with E-state index in [1.807, 2.05) is 0 Å². The van der Waals surface area contributed by atoms with Gasteiger partial charge in [-0.15, -0.1) is 0 Å². The van der Waals surface area contributed by atoms with Gasteiger partial charge in [0.15, 0.2) is 11.5 Å². The van der Waals surface area contributed by atoms with Crippen molar-refractivity contribution in [2.24, 2.45) is 5.41 Å². The first kappa shape index (κ1) is 20.1. The maximum atomic E-state index is 12.4. The van der Waals surface area contributed by atoms with E-state index in [2.05, 4.69) is 0 Å². The average molecular weight is 371 g/mol. The van der Waals surface area contributed by atoms with Gasteiger partial charge in [-0.2, -0.15) is 0 Å². The molecule has 0 fully saturated rings. The summed E-state index contributed by atoms with van der Waals surface area (Å²) in [4.78, 5) is 34.7. The standard InChI is InChI=1S/C20H21NO6/c1-20(2,19(23)27-4)12-17(22)14-7-5-13(6-8-14)15-9-10-16(21(24)25)18(11-15)26-3/h5-11H,12H2,1-4H3. The van der Waals surface area contributed by atoms with Gasteiger partial charge in [0, 0.05) is 18.1 Å². The van der Waals surface area contributed by atoms with Gasteiger partial charge in [0.2, 0.25) is 0 Å². The van der Waals surface area contributed by atoms with Gasteiger partial charge in [-0.1, -0.05) is 24.3 Å². The molecule has 0 unspecified atom stereocenters. The lowest BCUT2D eigenvalue weighted by Gasteiger charge is -2.20. The molecule has 2 aromatic rings. The number of hydrogen-bond acceptors (Lipinski definition) is 6. The minimum Gasteiger partial charge on any atom is -0.490 e. The first-order valence-corrected chi connectivity index (χ1v) is 8.24.